The second-order valence-corrected chi connectivity index (χ2v) is 4.92. The molecule has 1 unspecified atom stereocenters. The quantitative estimate of drug-likeness (QED) is 0.731. The van der Waals surface area contributed by atoms with E-state index in [1.54, 1.807) is 22.8 Å². The standard InChI is InChI=1S/C10H15N3OS/c1-13-10(11-7-12-13)15-6-5-8-3-2-4-9(8)14/h7-8H,2-6H2,1H3. The molecule has 0 spiro atoms. The van der Waals surface area contributed by atoms with Crippen LogP contribution in [0.25, 0.3) is 0 Å². The van der Waals surface area contributed by atoms with Crippen molar-refractivity contribution < 1.29 is 4.79 Å². The van der Waals surface area contributed by atoms with Gasteiger partial charge in [0.15, 0.2) is 5.16 Å². The molecule has 1 fully saturated rings. The molecule has 1 saturated carbocycles. The predicted octanol–water partition coefficient (Wildman–Crippen LogP) is 1.67. The van der Waals surface area contributed by atoms with Crippen molar-refractivity contribution in [2.45, 2.75) is 30.8 Å². The summed E-state index contributed by atoms with van der Waals surface area (Å²) in [4.78, 5) is 15.5. The minimum Gasteiger partial charge on any atom is -0.299 e. The van der Waals surface area contributed by atoms with Crippen molar-refractivity contribution in [2.24, 2.45) is 13.0 Å². The van der Waals surface area contributed by atoms with Crippen molar-refractivity contribution in [2.75, 3.05) is 5.75 Å². The number of aryl methyl sites for hydroxylation is 1. The minimum atomic E-state index is 0.311. The Morgan fingerprint density at radius 3 is 3.13 bits per heavy atom. The molecule has 1 aliphatic rings. The molecule has 1 aromatic heterocycles. The van der Waals surface area contributed by atoms with E-state index in [2.05, 4.69) is 10.1 Å². The highest BCUT2D eigenvalue weighted by Gasteiger charge is 2.23. The Morgan fingerprint density at radius 1 is 1.67 bits per heavy atom. The summed E-state index contributed by atoms with van der Waals surface area (Å²) >= 11 is 1.68. The highest BCUT2D eigenvalue weighted by atomic mass is 32.2. The van der Waals surface area contributed by atoms with E-state index in [0.29, 0.717) is 11.7 Å². The van der Waals surface area contributed by atoms with Crippen LogP contribution < -0.4 is 0 Å². The number of Topliss-reactive ketones (excluding diaryl/α,β-unsaturated/α-hetero) is 1. The molecule has 4 nitrogen and oxygen atoms in total. The smallest absolute Gasteiger partial charge is 0.185 e. The Kier molecular flexibility index (Phi) is 3.41. The van der Waals surface area contributed by atoms with Gasteiger partial charge in [-0.15, -0.1) is 0 Å². The van der Waals surface area contributed by atoms with Crippen molar-refractivity contribution in [3.63, 3.8) is 0 Å². The average Bonchev–Trinajstić information content (AvgIpc) is 2.78. The Bertz CT molecular complexity index is 350. The van der Waals surface area contributed by atoms with Crippen LogP contribution >= 0.6 is 11.8 Å². The largest absolute Gasteiger partial charge is 0.299 e. The molecule has 0 saturated heterocycles. The van der Waals surface area contributed by atoms with E-state index in [1.807, 2.05) is 7.05 Å². The van der Waals surface area contributed by atoms with Gasteiger partial charge in [-0.2, -0.15) is 5.10 Å². The van der Waals surface area contributed by atoms with Gasteiger partial charge in [-0.3, -0.25) is 4.79 Å². The van der Waals surface area contributed by atoms with Crippen LogP contribution in [0.4, 0.5) is 0 Å². The monoisotopic (exact) mass is 225 g/mol. The molecule has 1 aliphatic carbocycles. The highest BCUT2D eigenvalue weighted by Crippen LogP contribution is 2.26. The summed E-state index contributed by atoms with van der Waals surface area (Å²) in [5.74, 6) is 1.72. The third-order valence-electron chi connectivity index (χ3n) is 2.80. The fourth-order valence-electron chi connectivity index (χ4n) is 1.90. The van der Waals surface area contributed by atoms with Crippen molar-refractivity contribution in [1.82, 2.24) is 14.8 Å². The molecular formula is C10H15N3OS. The van der Waals surface area contributed by atoms with Gasteiger partial charge in [0, 0.05) is 25.1 Å². The van der Waals surface area contributed by atoms with E-state index in [0.717, 1.165) is 36.6 Å². The van der Waals surface area contributed by atoms with Crippen LogP contribution in [-0.2, 0) is 11.8 Å². The fourth-order valence-corrected chi connectivity index (χ4v) is 2.84. The van der Waals surface area contributed by atoms with Crippen LogP contribution in [0, 0.1) is 5.92 Å². The first-order valence-electron chi connectivity index (χ1n) is 5.27. The molecule has 1 aromatic rings. The van der Waals surface area contributed by atoms with Gasteiger partial charge in [0.25, 0.3) is 0 Å². The summed E-state index contributed by atoms with van der Waals surface area (Å²) in [5, 5.41) is 4.93. The Morgan fingerprint density at radius 2 is 2.53 bits per heavy atom. The predicted molar refractivity (Wildman–Crippen MR) is 58.7 cm³/mol. The zero-order chi connectivity index (χ0) is 10.7. The topological polar surface area (TPSA) is 47.8 Å². The van der Waals surface area contributed by atoms with E-state index in [9.17, 15) is 4.79 Å². The first-order chi connectivity index (χ1) is 7.27. The van der Waals surface area contributed by atoms with E-state index in [1.165, 1.54) is 0 Å². The lowest BCUT2D eigenvalue weighted by Gasteiger charge is -2.06. The lowest BCUT2D eigenvalue weighted by Crippen LogP contribution is -2.07. The fraction of sp³-hybridized carbons (Fsp3) is 0.700. The van der Waals surface area contributed by atoms with Gasteiger partial charge in [0.1, 0.15) is 12.1 Å². The van der Waals surface area contributed by atoms with Gasteiger partial charge in [-0.25, -0.2) is 9.67 Å². The van der Waals surface area contributed by atoms with E-state index in [-0.39, 0.29) is 0 Å². The summed E-state index contributed by atoms with van der Waals surface area (Å²) in [6, 6.07) is 0. The number of aromatic nitrogens is 3. The highest BCUT2D eigenvalue weighted by molar-refractivity contribution is 7.99. The zero-order valence-corrected chi connectivity index (χ0v) is 9.66. The van der Waals surface area contributed by atoms with Crippen LogP contribution in [0.5, 0.6) is 0 Å². The van der Waals surface area contributed by atoms with Crippen LogP contribution in [-0.4, -0.2) is 26.3 Å². The van der Waals surface area contributed by atoms with Crippen LogP contribution in [0.1, 0.15) is 25.7 Å². The number of nitrogens with zero attached hydrogens (tertiary/aromatic N) is 3. The molecule has 2 rings (SSSR count). The molecule has 82 valence electrons. The zero-order valence-electron chi connectivity index (χ0n) is 8.85. The van der Waals surface area contributed by atoms with Gasteiger partial charge in [-0.05, 0) is 19.3 Å². The molecule has 0 aliphatic heterocycles. The number of hydrogen-bond acceptors (Lipinski definition) is 4. The maximum atomic E-state index is 11.4. The van der Waals surface area contributed by atoms with Crippen molar-refractivity contribution >= 4 is 17.5 Å². The maximum absolute atomic E-state index is 11.4. The second-order valence-electron chi connectivity index (χ2n) is 3.86. The Balaban J connectivity index is 1.75. The van der Waals surface area contributed by atoms with Gasteiger partial charge >= 0.3 is 0 Å². The van der Waals surface area contributed by atoms with Crippen molar-refractivity contribution in [3.05, 3.63) is 6.33 Å². The normalized spacial score (nSPS) is 21.1. The number of ketones is 1. The van der Waals surface area contributed by atoms with Crippen molar-refractivity contribution in [3.8, 4) is 0 Å². The molecule has 0 aromatic carbocycles. The summed E-state index contributed by atoms with van der Waals surface area (Å²) < 4.78 is 1.77. The second kappa shape index (κ2) is 4.79. The van der Waals surface area contributed by atoms with Gasteiger partial charge in [-0.1, -0.05) is 11.8 Å². The van der Waals surface area contributed by atoms with Gasteiger partial charge in [0.2, 0.25) is 0 Å². The summed E-state index contributed by atoms with van der Waals surface area (Å²) in [6.45, 7) is 0. The SMILES string of the molecule is Cn1ncnc1SCCC1CCCC1=O. The Hall–Kier alpha value is -0.840. The molecule has 0 radical (unpaired) electrons. The lowest BCUT2D eigenvalue weighted by atomic mass is 10.1. The molecule has 0 bridgehead atoms. The minimum absolute atomic E-state index is 0.311. The number of rotatable bonds is 4. The summed E-state index contributed by atoms with van der Waals surface area (Å²) in [7, 11) is 1.88. The van der Waals surface area contributed by atoms with Crippen molar-refractivity contribution in [1.29, 1.82) is 0 Å². The first kappa shape index (κ1) is 10.7. The van der Waals surface area contributed by atoms with Gasteiger partial charge in [0.05, 0.1) is 0 Å². The van der Waals surface area contributed by atoms with Gasteiger partial charge < -0.3 is 0 Å². The maximum Gasteiger partial charge on any atom is 0.185 e. The number of hydrogen-bond donors (Lipinski definition) is 0. The van der Waals surface area contributed by atoms with E-state index < -0.39 is 0 Å². The Labute approximate surface area is 93.5 Å². The third-order valence-corrected chi connectivity index (χ3v) is 3.87. The third kappa shape index (κ3) is 2.59. The molecule has 0 amide bonds. The molecule has 0 N–H and O–H groups in total. The molecule has 1 heterocycles. The van der Waals surface area contributed by atoms with E-state index in [4.69, 9.17) is 0 Å². The first-order valence-corrected chi connectivity index (χ1v) is 6.25. The molecule has 15 heavy (non-hydrogen) atoms. The summed E-state index contributed by atoms with van der Waals surface area (Å²) in [5.41, 5.74) is 0. The average molecular weight is 225 g/mol. The number of carbonyl (C=O) groups is 1. The number of carbonyl (C=O) groups excluding carboxylic acids is 1. The number of thioether (sulfide) groups is 1. The van der Waals surface area contributed by atoms with Crippen LogP contribution in [0.3, 0.4) is 0 Å². The molecular weight excluding hydrogens is 210 g/mol. The lowest BCUT2D eigenvalue weighted by molar-refractivity contribution is -0.120. The molecule has 1 atom stereocenters. The molecule has 5 heteroatoms. The van der Waals surface area contributed by atoms with Crippen LogP contribution in [0.2, 0.25) is 0 Å². The summed E-state index contributed by atoms with van der Waals surface area (Å²) in [6.07, 6.45) is 5.50. The van der Waals surface area contributed by atoms with Crippen LogP contribution in [0.15, 0.2) is 11.5 Å². The van der Waals surface area contributed by atoms with E-state index >= 15 is 0 Å².